The number of nitrogens with zero attached hydrogens (tertiary/aromatic N) is 2. The Balaban J connectivity index is 1.14. The van der Waals surface area contributed by atoms with Gasteiger partial charge in [0.25, 0.3) is 5.91 Å². The average Bonchev–Trinajstić information content (AvgIpc) is 3.96. The molecule has 1 saturated heterocycles. The molecule has 7 rings (SSSR count). The minimum atomic E-state index is -3.86. The molecule has 3 fully saturated rings. The Morgan fingerprint density at radius 2 is 1.66 bits per heavy atom. The van der Waals surface area contributed by atoms with Crippen molar-refractivity contribution >= 4 is 33.5 Å². The van der Waals surface area contributed by atoms with Crippen LogP contribution in [0.3, 0.4) is 0 Å². The zero-order valence-corrected chi connectivity index (χ0v) is 26.2. The molecule has 3 aliphatic carbocycles. The Morgan fingerprint density at radius 3 is 2.26 bits per heavy atom. The molecule has 4 atom stereocenters. The maximum Gasteiger partial charge on any atom is 0.259 e. The smallest absolute Gasteiger partial charge is 0.259 e. The molecule has 3 amide bonds. The lowest BCUT2D eigenvalue weighted by molar-refractivity contribution is -0.139. The van der Waals surface area contributed by atoms with E-state index in [-0.39, 0.29) is 31.4 Å². The van der Waals surface area contributed by atoms with Crippen molar-refractivity contribution < 1.29 is 27.6 Å². The van der Waals surface area contributed by atoms with E-state index >= 15 is 0 Å². The molecule has 2 aromatic carbocycles. The quantitative estimate of drug-likeness (QED) is 0.174. The molecule has 0 bridgehead atoms. The summed E-state index contributed by atoms with van der Waals surface area (Å²) in [5.74, 6) is -2.37. The second-order valence-corrected chi connectivity index (χ2v) is 14.4. The fourth-order valence-electron chi connectivity index (χ4n) is 6.50. The summed E-state index contributed by atoms with van der Waals surface area (Å²) in [6.45, 7) is 3.77. The number of carbonyl (C=O) groups is 3. The van der Waals surface area contributed by atoms with Crippen LogP contribution in [-0.2, 0) is 35.7 Å². The topological polar surface area (TPSA) is 167 Å². The van der Waals surface area contributed by atoms with Crippen LogP contribution in [0.1, 0.15) is 42.5 Å². The van der Waals surface area contributed by atoms with Crippen molar-refractivity contribution in [3.8, 4) is 11.1 Å². The molecule has 3 aromatic rings. The van der Waals surface area contributed by atoms with Crippen LogP contribution < -0.4 is 15.6 Å². The predicted molar refractivity (Wildman–Crippen MR) is 173 cm³/mol. The van der Waals surface area contributed by atoms with Crippen LogP contribution in [0.5, 0.6) is 0 Å². The summed E-state index contributed by atoms with van der Waals surface area (Å²) in [4.78, 5) is 62.7. The van der Waals surface area contributed by atoms with Gasteiger partial charge in [-0.1, -0.05) is 65.8 Å². The van der Waals surface area contributed by atoms with Crippen molar-refractivity contribution in [2.45, 2.75) is 55.0 Å². The molecule has 2 heterocycles. The first-order valence-electron chi connectivity index (χ1n) is 15.5. The number of amides is 3. The standard InChI is InChI=1S/C34H33N5O7S/c1-2-20-18-34(20,33(43)38-47(44,45)23-14-15-23)36-32(42)28-17-22(19-39(28)30(41)16-21-8-7-13-29(40)35-21)46-37-31-26-11-5-3-9-24(26)25-10-4-6-12-27(25)31/h2-13,20,22-23,28H,1,14-19H2,(H,35,40)(H,36,42)(H,38,43)/t20-,22?,28?,34+/m1/s1. The summed E-state index contributed by atoms with van der Waals surface area (Å²) in [5, 5.41) is 6.67. The Kier molecular flexibility index (Phi) is 7.58. The zero-order chi connectivity index (χ0) is 32.9. The van der Waals surface area contributed by atoms with Crippen LogP contribution in [0.25, 0.3) is 11.1 Å². The molecule has 0 spiro atoms. The zero-order valence-electron chi connectivity index (χ0n) is 25.3. The highest BCUT2D eigenvalue weighted by molar-refractivity contribution is 7.91. The van der Waals surface area contributed by atoms with Gasteiger partial charge in [0.05, 0.1) is 18.2 Å². The molecule has 2 unspecified atom stereocenters. The van der Waals surface area contributed by atoms with E-state index in [4.69, 9.17) is 4.84 Å². The van der Waals surface area contributed by atoms with Crippen LogP contribution in [-0.4, -0.2) is 71.2 Å². The van der Waals surface area contributed by atoms with Gasteiger partial charge in [0.15, 0.2) is 0 Å². The van der Waals surface area contributed by atoms with Gasteiger partial charge in [-0.15, -0.1) is 6.58 Å². The van der Waals surface area contributed by atoms with Crippen molar-refractivity contribution in [3.63, 3.8) is 0 Å². The SMILES string of the molecule is C=C[C@@H]1C[C@@]1(NC(=O)C1CC(ON=C2c3ccccc3-c3ccccc32)CN1C(=O)Cc1cccc(=O)[nH]1)C(=O)NS(=O)(=O)C1CC1. The van der Waals surface area contributed by atoms with E-state index in [1.807, 2.05) is 48.5 Å². The second kappa shape index (κ2) is 11.6. The second-order valence-electron chi connectivity index (χ2n) is 12.5. The molecule has 3 N–H and O–H groups in total. The van der Waals surface area contributed by atoms with Gasteiger partial charge in [-0.2, -0.15) is 0 Å². The van der Waals surface area contributed by atoms with Gasteiger partial charge >= 0.3 is 0 Å². The van der Waals surface area contributed by atoms with E-state index in [9.17, 15) is 27.6 Å². The fourth-order valence-corrected chi connectivity index (χ4v) is 7.86. The molecular formula is C34H33N5O7S. The van der Waals surface area contributed by atoms with E-state index in [1.165, 1.54) is 23.1 Å². The van der Waals surface area contributed by atoms with E-state index in [0.29, 0.717) is 24.2 Å². The van der Waals surface area contributed by atoms with Crippen LogP contribution in [0.15, 0.2) is 89.3 Å². The first-order valence-corrected chi connectivity index (χ1v) is 17.1. The lowest BCUT2D eigenvalue weighted by Gasteiger charge is -2.26. The van der Waals surface area contributed by atoms with Crippen molar-refractivity contribution in [1.29, 1.82) is 0 Å². The Hall–Kier alpha value is -5.04. The maximum absolute atomic E-state index is 13.9. The monoisotopic (exact) mass is 655 g/mol. The van der Waals surface area contributed by atoms with Gasteiger partial charge in [0.2, 0.25) is 27.4 Å². The van der Waals surface area contributed by atoms with Gasteiger partial charge in [-0.25, -0.2) is 8.42 Å². The number of hydrogen-bond acceptors (Lipinski definition) is 8. The number of sulfonamides is 1. The predicted octanol–water partition coefficient (Wildman–Crippen LogP) is 2.01. The number of aromatic amines is 1. The number of fused-ring (bicyclic) bond motifs is 3. The minimum absolute atomic E-state index is 0.0220. The fraction of sp³-hybridized carbons (Fsp3) is 0.324. The van der Waals surface area contributed by atoms with Gasteiger partial charge in [0.1, 0.15) is 23.4 Å². The number of aromatic nitrogens is 1. The number of likely N-dealkylation sites (tertiary alicyclic amines) is 1. The van der Waals surface area contributed by atoms with Crippen LogP contribution >= 0.6 is 0 Å². The van der Waals surface area contributed by atoms with Crippen molar-refractivity contribution in [2.24, 2.45) is 11.1 Å². The van der Waals surface area contributed by atoms with Crippen LogP contribution in [0, 0.1) is 5.92 Å². The molecule has 0 radical (unpaired) electrons. The van der Waals surface area contributed by atoms with Crippen molar-refractivity contribution in [3.05, 3.63) is 107 Å². The van der Waals surface area contributed by atoms with Crippen LogP contribution in [0.4, 0.5) is 0 Å². The molecular weight excluding hydrogens is 622 g/mol. The number of pyridine rings is 1. The van der Waals surface area contributed by atoms with Crippen LogP contribution in [0.2, 0.25) is 0 Å². The summed E-state index contributed by atoms with van der Waals surface area (Å²) < 4.78 is 27.3. The largest absolute Gasteiger partial charge is 0.390 e. The molecule has 4 aliphatic rings. The van der Waals surface area contributed by atoms with E-state index < -0.39 is 56.6 Å². The Morgan fingerprint density at radius 1 is 1.00 bits per heavy atom. The average molecular weight is 656 g/mol. The Labute approximate surface area is 270 Å². The summed E-state index contributed by atoms with van der Waals surface area (Å²) in [5.41, 5.74) is 3.01. The summed E-state index contributed by atoms with van der Waals surface area (Å²) in [7, 11) is -3.86. The van der Waals surface area contributed by atoms with E-state index in [1.54, 1.807) is 6.07 Å². The van der Waals surface area contributed by atoms with Gasteiger partial charge in [0, 0.05) is 35.2 Å². The molecule has 47 heavy (non-hydrogen) atoms. The highest BCUT2D eigenvalue weighted by atomic mass is 32.2. The first-order chi connectivity index (χ1) is 22.6. The summed E-state index contributed by atoms with van der Waals surface area (Å²) >= 11 is 0. The molecule has 242 valence electrons. The number of H-pyrrole nitrogens is 1. The summed E-state index contributed by atoms with van der Waals surface area (Å²) in [6.07, 6.45) is 1.84. The van der Waals surface area contributed by atoms with E-state index in [2.05, 4.69) is 26.8 Å². The number of hydrogen-bond donors (Lipinski definition) is 3. The highest BCUT2D eigenvalue weighted by Crippen LogP contribution is 2.45. The first kappa shape index (κ1) is 30.6. The molecule has 1 aromatic heterocycles. The molecule has 13 heteroatoms. The normalized spacial score (nSPS) is 24.1. The van der Waals surface area contributed by atoms with E-state index in [0.717, 1.165) is 22.3 Å². The third-order valence-corrected chi connectivity index (χ3v) is 11.1. The van der Waals surface area contributed by atoms with Gasteiger partial charge in [-0.3, -0.25) is 23.9 Å². The molecule has 2 saturated carbocycles. The third-order valence-electron chi connectivity index (χ3n) is 9.25. The maximum atomic E-state index is 13.9. The number of nitrogens with one attached hydrogen (secondary N) is 3. The van der Waals surface area contributed by atoms with Crippen molar-refractivity contribution in [1.82, 2.24) is 19.9 Å². The number of benzene rings is 2. The third kappa shape index (κ3) is 5.75. The minimum Gasteiger partial charge on any atom is -0.390 e. The lowest BCUT2D eigenvalue weighted by Crippen LogP contribution is -2.56. The van der Waals surface area contributed by atoms with Gasteiger partial charge < -0.3 is 20.0 Å². The number of oxime groups is 1. The molecule has 12 nitrogen and oxygen atoms in total. The van der Waals surface area contributed by atoms with Crippen molar-refractivity contribution in [2.75, 3.05) is 6.54 Å². The number of rotatable bonds is 10. The number of carbonyl (C=O) groups excluding carboxylic acids is 3. The Bertz CT molecular complexity index is 1960. The highest BCUT2D eigenvalue weighted by Gasteiger charge is 2.62. The molecule has 1 aliphatic heterocycles. The van der Waals surface area contributed by atoms with Gasteiger partial charge in [-0.05, 0) is 36.5 Å². The lowest BCUT2D eigenvalue weighted by atomic mass is 10.1. The summed E-state index contributed by atoms with van der Waals surface area (Å²) in [6, 6.07) is 19.1.